The van der Waals surface area contributed by atoms with Gasteiger partial charge in [0.2, 0.25) is 0 Å². The van der Waals surface area contributed by atoms with Gasteiger partial charge in [-0.25, -0.2) is 0 Å². The first kappa shape index (κ1) is 11.9. The summed E-state index contributed by atoms with van der Waals surface area (Å²) in [6.07, 6.45) is 1.20. The van der Waals surface area contributed by atoms with Gasteiger partial charge in [0.1, 0.15) is 0 Å². The van der Waals surface area contributed by atoms with E-state index in [0.29, 0.717) is 5.41 Å². The zero-order chi connectivity index (χ0) is 9.61. The molecule has 12 heavy (non-hydrogen) atoms. The molecule has 0 aliphatic carbocycles. The first-order chi connectivity index (χ1) is 5.66. The fourth-order valence-corrected chi connectivity index (χ4v) is 1.76. The van der Waals surface area contributed by atoms with Gasteiger partial charge in [-0.2, -0.15) is 0 Å². The average molecular weight is 173 g/mol. The molecular weight excluding hydrogens is 150 g/mol. The van der Waals surface area contributed by atoms with Gasteiger partial charge < -0.3 is 9.64 Å². The predicted molar refractivity (Wildman–Crippen MR) is 53.4 cm³/mol. The molecule has 0 saturated carbocycles. The van der Waals surface area contributed by atoms with Gasteiger partial charge in [0.25, 0.3) is 0 Å². The highest BCUT2D eigenvalue weighted by molar-refractivity contribution is 4.88. The summed E-state index contributed by atoms with van der Waals surface area (Å²) >= 11 is 0. The summed E-state index contributed by atoms with van der Waals surface area (Å²) in [6, 6.07) is 0. The van der Waals surface area contributed by atoms with E-state index in [1.807, 2.05) is 13.8 Å². The number of methoxy groups -OCH3 is 1. The van der Waals surface area contributed by atoms with Crippen molar-refractivity contribution in [3.8, 4) is 0 Å². The summed E-state index contributed by atoms with van der Waals surface area (Å²) in [5.74, 6) is 0. The summed E-state index contributed by atoms with van der Waals surface area (Å²) in [7, 11) is 3.93. The topological polar surface area (TPSA) is 12.5 Å². The molecule has 0 radical (unpaired) electrons. The lowest BCUT2D eigenvalue weighted by atomic mass is 9.80. The molecule has 0 amide bonds. The Kier molecular flexibility index (Phi) is 5.51. The molecule has 2 nitrogen and oxygen atoms in total. The number of hydrogen-bond donors (Lipinski definition) is 0. The van der Waals surface area contributed by atoms with Crippen molar-refractivity contribution in [3.05, 3.63) is 0 Å². The summed E-state index contributed by atoms with van der Waals surface area (Å²) < 4.78 is 5.03. The van der Waals surface area contributed by atoms with Crippen molar-refractivity contribution in [2.75, 3.05) is 33.9 Å². The molecule has 0 aromatic carbocycles. The Morgan fingerprint density at radius 1 is 1.33 bits per heavy atom. The molecule has 0 atom stereocenters. The summed E-state index contributed by atoms with van der Waals surface area (Å²) in [4.78, 5) is 2.34. The molecule has 0 aromatic rings. The van der Waals surface area contributed by atoms with Crippen LogP contribution in [0.25, 0.3) is 0 Å². The standard InChI is InChI=1S/C8H17NO.C2H6/c1-8(4-5-10-3)6-9(2)7-8;1-2/h4-7H2,1-3H3;1-2H3. The third-order valence-electron chi connectivity index (χ3n) is 2.21. The highest BCUT2D eigenvalue weighted by Gasteiger charge is 2.35. The van der Waals surface area contributed by atoms with E-state index >= 15 is 0 Å². The molecule has 0 bridgehead atoms. The van der Waals surface area contributed by atoms with Crippen LogP contribution in [-0.4, -0.2) is 38.8 Å². The molecule has 2 heteroatoms. The predicted octanol–water partition coefficient (Wildman–Crippen LogP) is 2.00. The fraction of sp³-hybridized carbons (Fsp3) is 1.00. The molecule has 74 valence electrons. The van der Waals surface area contributed by atoms with Gasteiger partial charge in [0.15, 0.2) is 0 Å². The minimum absolute atomic E-state index is 0.546. The number of likely N-dealkylation sites (tertiary alicyclic amines) is 1. The van der Waals surface area contributed by atoms with E-state index < -0.39 is 0 Å². The van der Waals surface area contributed by atoms with Crippen molar-refractivity contribution < 1.29 is 4.74 Å². The summed E-state index contributed by atoms with van der Waals surface area (Å²) in [6.45, 7) is 9.70. The van der Waals surface area contributed by atoms with Crippen LogP contribution in [0.1, 0.15) is 27.2 Å². The van der Waals surface area contributed by atoms with Crippen LogP contribution < -0.4 is 0 Å². The Labute approximate surface area is 76.9 Å². The number of hydrogen-bond acceptors (Lipinski definition) is 2. The van der Waals surface area contributed by atoms with Crippen LogP contribution in [0.3, 0.4) is 0 Å². The highest BCUT2D eigenvalue weighted by atomic mass is 16.5. The molecule has 1 aliphatic heterocycles. The van der Waals surface area contributed by atoms with Gasteiger partial charge >= 0.3 is 0 Å². The smallest absolute Gasteiger partial charge is 0.0468 e. The Bertz CT molecular complexity index is 108. The van der Waals surface area contributed by atoms with E-state index in [-0.39, 0.29) is 0 Å². The number of rotatable bonds is 3. The Morgan fingerprint density at radius 3 is 2.17 bits per heavy atom. The van der Waals surface area contributed by atoms with E-state index in [4.69, 9.17) is 4.74 Å². The molecular formula is C10H23NO. The molecule has 1 rings (SSSR count). The van der Waals surface area contributed by atoms with Crippen LogP contribution in [0.5, 0.6) is 0 Å². The quantitative estimate of drug-likeness (QED) is 0.647. The summed E-state index contributed by atoms with van der Waals surface area (Å²) in [5, 5.41) is 0. The first-order valence-corrected chi connectivity index (χ1v) is 4.84. The van der Waals surface area contributed by atoms with Crippen LogP contribution in [0, 0.1) is 5.41 Å². The maximum atomic E-state index is 5.03. The third kappa shape index (κ3) is 3.55. The van der Waals surface area contributed by atoms with Crippen molar-refractivity contribution in [1.29, 1.82) is 0 Å². The fourth-order valence-electron chi connectivity index (χ4n) is 1.76. The van der Waals surface area contributed by atoms with Crippen LogP contribution in [0.4, 0.5) is 0 Å². The van der Waals surface area contributed by atoms with E-state index in [1.54, 1.807) is 7.11 Å². The van der Waals surface area contributed by atoms with Gasteiger partial charge in [0.05, 0.1) is 0 Å². The monoisotopic (exact) mass is 173 g/mol. The largest absolute Gasteiger partial charge is 0.385 e. The molecule has 0 unspecified atom stereocenters. The SMILES string of the molecule is CC.COCCC1(C)CN(C)C1. The van der Waals surface area contributed by atoms with Gasteiger partial charge in [0, 0.05) is 26.8 Å². The lowest BCUT2D eigenvalue weighted by Gasteiger charge is -2.46. The zero-order valence-corrected chi connectivity index (χ0v) is 9.18. The molecule has 0 spiro atoms. The number of nitrogens with zero attached hydrogens (tertiary/aromatic N) is 1. The van der Waals surface area contributed by atoms with Crippen molar-refractivity contribution in [1.82, 2.24) is 4.90 Å². The van der Waals surface area contributed by atoms with Crippen molar-refractivity contribution >= 4 is 0 Å². The van der Waals surface area contributed by atoms with Crippen LogP contribution in [0.15, 0.2) is 0 Å². The minimum Gasteiger partial charge on any atom is -0.385 e. The van der Waals surface area contributed by atoms with Gasteiger partial charge in [-0.1, -0.05) is 20.8 Å². The van der Waals surface area contributed by atoms with Gasteiger partial charge in [-0.3, -0.25) is 0 Å². The van der Waals surface area contributed by atoms with E-state index in [0.717, 1.165) is 6.61 Å². The Hall–Kier alpha value is -0.0800. The first-order valence-electron chi connectivity index (χ1n) is 4.84. The molecule has 1 aliphatic rings. The average Bonchev–Trinajstić information content (AvgIpc) is 2.02. The molecule has 1 heterocycles. The molecule has 1 fully saturated rings. The van der Waals surface area contributed by atoms with E-state index in [1.165, 1.54) is 19.5 Å². The van der Waals surface area contributed by atoms with E-state index in [2.05, 4.69) is 18.9 Å². The summed E-state index contributed by atoms with van der Waals surface area (Å²) in [5.41, 5.74) is 0.546. The maximum Gasteiger partial charge on any atom is 0.0468 e. The minimum atomic E-state index is 0.546. The van der Waals surface area contributed by atoms with Crippen LogP contribution in [-0.2, 0) is 4.74 Å². The van der Waals surface area contributed by atoms with Crippen molar-refractivity contribution in [2.24, 2.45) is 5.41 Å². The second kappa shape index (κ2) is 5.55. The normalized spacial score (nSPS) is 20.8. The highest BCUT2D eigenvalue weighted by Crippen LogP contribution is 2.31. The van der Waals surface area contributed by atoms with Crippen molar-refractivity contribution in [2.45, 2.75) is 27.2 Å². The lowest BCUT2D eigenvalue weighted by molar-refractivity contribution is 0.0106. The Balaban J connectivity index is 0.000000561. The van der Waals surface area contributed by atoms with Gasteiger partial charge in [-0.05, 0) is 18.9 Å². The van der Waals surface area contributed by atoms with E-state index in [9.17, 15) is 0 Å². The molecule has 1 saturated heterocycles. The Morgan fingerprint density at radius 2 is 1.83 bits per heavy atom. The van der Waals surface area contributed by atoms with Crippen molar-refractivity contribution in [3.63, 3.8) is 0 Å². The van der Waals surface area contributed by atoms with Crippen LogP contribution >= 0.6 is 0 Å². The third-order valence-corrected chi connectivity index (χ3v) is 2.21. The second-order valence-electron chi connectivity index (χ2n) is 3.73. The number of ether oxygens (including phenoxy) is 1. The molecule has 0 N–H and O–H groups in total. The van der Waals surface area contributed by atoms with Crippen LogP contribution in [0.2, 0.25) is 0 Å². The maximum absolute atomic E-state index is 5.03. The lowest BCUT2D eigenvalue weighted by Crippen LogP contribution is -2.52. The molecule has 0 aromatic heterocycles. The second-order valence-corrected chi connectivity index (χ2v) is 3.73. The van der Waals surface area contributed by atoms with Gasteiger partial charge in [-0.15, -0.1) is 0 Å². The zero-order valence-electron chi connectivity index (χ0n) is 9.18.